The third kappa shape index (κ3) is 7.91. The molecule has 0 aliphatic heterocycles. The first-order valence-corrected chi connectivity index (χ1v) is 10.8. The van der Waals surface area contributed by atoms with Crippen molar-refractivity contribution in [3.05, 3.63) is 23.1 Å². The van der Waals surface area contributed by atoms with Crippen LogP contribution in [0.4, 0.5) is 0 Å². The first kappa shape index (κ1) is 19.1. The van der Waals surface area contributed by atoms with E-state index < -0.39 is 0 Å². The highest BCUT2D eigenvalue weighted by molar-refractivity contribution is 8.03. The second kappa shape index (κ2) is 12.2. The molecule has 3 heteroatoms. The van der Waals surface area contributed by atoms with Crippen LogP contribution in [-0.4, -0.2) is 42.9 Å². The molecule has 1 fully saturated rings. The summed E-state index contributed by atoms with van der Waals surface area (Å²) in [6.07, 6.45) is 19.0. The maximum Gasteiger partial charge on any atom is 0.0110 e. The second-order valence-corrected chi connectivity index (χ2v) is 8.10. The van der Waals surface area contributed by atoms with Gasteiger partial charge in [-0.3, -0.25) is 4.90 Å². The van der Waals surface area contributed by atoms with E-state index in [9.17, 15) is 0 Å². The van der Waals surface area contributed by atoms with Gasteiger partial charge in [-0.25, -0.2) is 0 Å². The molecule has 2 nitrogen and oxygen atoms in total. The standard InChI is InChI=1S/C20H36N2S/c1-2-3-16-22(19-10-7-8-11-19)17-15-21-14-9-18-23-20-12-5-4-6-13-20/h4-5,12,19,21H,2-3,6-11,13-18H2,1H3. The minimum atomic E-state index is 0.880. The Morgan fingerprint density at radius 1 is 1.17 bits per heavy atom. The second-order valence-electron chi connectivity index (χ2n) is 6.88. The van der Waals surface area contributed by atoms with Crippen molar-refractivity contribution in [1.29, 1.82) is 0 Å². The van der Waals surface area contributed by atoms with Gasteiger partial charge in [-0.15, -0.1) is 11.8 Å². The summed E-state index contributed by atoms with van der Waals surface area (Å²) in [6, 6.07) is 0.880. The Hall–Kier alpha value is -0.250. The van der Waals surface area contributed by atoms with Crippen molar-refractivity contribution >= 4 is 11.8 Å². The number of allylic oxidation sites excluding steroid dienone is 4. The predicted molar refractivity (Wildman–Crippen MR) is 105 cm³/mol. The molecule has 0 unspecified atom stereocenters. The summed E-state index contributed by atoms with van der Waals surface area (Å²) in [4.78, 5) is 4.33. The molecular weight excluding hydrogens is 300 g/mol. The fraction of sp³-hybridized carbons (Fsp3) is 0.800. The molecule has 2 rings (SSSR count). The molecule has 1 saturated carbocycles. The molecule has 0 bridgehead atoms. The van der Waals surface area contributed by atoms with Crippen molar-refractivity contribution in [2.45, 2.75) is 70.8 Å². The summed E-state index contributed by atoms with van der Waals surface area (Å²) in [7, 11) is 0. The van der Waals surface area contributed by atoms with Crippen molar-refractivity contribution in [2.24, 2.45) is 0 Å². The summed E-state index contributed by atoms with van der Waals surface area (Å²) in [6.45, 7) is 7.19. The molecule has 132 valence electrons. The van der Waals surface area contributed by atoms with Gasteiger partial charge in [0.05, 0.1) is 0 Å². The van der Waals surface area contributed by atoms with Crippen LogP contribution in [0, 0.1) is 0 Å². The van der Waals surface area contributed by atoms with Crippen molar-refractivity contribution in [2.75, 3.05) is 31.9 Å². The summed E-state index contributed by atoms with van der Waals surface area (Å²) in [5.74, 6) is 1.26. The molecule has 23 heavy (non-hydrogen) atoms. The maximum atomic E-state index is 3.67. The Bertz CT molecular complexity index is 359. The molecular formula is C20H36N2S. The van der Waals surface area contributed by atoms with Crippen LogP contribution in [-0.2, 0) is 0 Å². The molecule has 0 aromatic carbocycles. The molecule has 2 aliphatic rings. The Labute approximate surface area is 148 Å². The van der Waals surface area contributed by atoms with Gasteiger partial charge in [-0.1, -0.05) is 44.4 Å². The summed E-state index contributed by atoms with van der Waals surface area (Å²) in [5.41, 5.74) is 0. The zero-order chi connectivity index (χ0) is 16.2. The number of thioether (sulfide) groups is 1. The lowest BCUT2D eigenvalue weighted by atomic mass is 10.2. The van der Waals surface area contributed by atoms with Gasteiger partial charge in [0.1, 0.15) is 0 Å². The summed E-state index contributed by atoms with van der Waals surface area (Å²) in [5, 5.41) is 3.67. The number of nitrogens with one attached hydrogen (secondary N) is 1. The molecule has 0 amide bonds. The molecule has 0 heterocycles. The van der Waals surface area contributed by atoms with Crippen LogP contribution in [0.5, 0.6) is 0 Å². The Morgan fingerprint density at radius 3 is 2.78 bits per heavy atom. The minimum absolute atomic E-state index is 0.880. The van der Waals surface area contributed by atoms with E-state index in [0.717, 1.165) is 12.6 Å². The monoisotopic (exact) mass is 336 g/mol. The van der Waals surface area contributed by atoms with Gasteiger partial charge in [-0.2, -0.15) is 0 Å². The van der Waals surface area contributed by atoms with E-state index in [2.05, 4.69) is 47.1 Å². The minimum Gasteiger partial charge on any atom is -0.315 e. The van der Waals surface area contributed by atoms with Crippen LogP contribution in [0.15, 0.2) is 23.1 Å². The van der Waals surface area contributed by atoms with Gasteiger partial charge in [0, 0.05) is 19.1 Å². The highest BCUT2D eigenvalue weighted by Gasteiger charge is 2.21. The van der Waals surface area contributed by atoms with Gasteiger partial charge >= 0.3 is 0 Å². The first-order chi connectivity index (χ1) is 11.4. The van der Waals surface area contributed by atoms with Crippen LogP contribution >= 0.6 is 11.8 Å². The summed E-state index contributed by atoms with van der Waals surface area (Å²) >= 11 is 2.05. The van der Waals surface area contributed by atoms with E-state index in [1.54, 1.807) is 4.91 Å². The normalized spacial score (nSPS) is 18.8. The smallest absolute Gasteiger partial charge is 0.0110 e. The highest BCUT2D eigenvalue weighted by Crippen LogP contribution is 2.25. The Balaban J connectivity index is 1.50. The molecule has 1 N–H and O–H groups in total. The zero-order valence-electron chi connectivity index (χ0n) is 15.1. The van der Waals surface area contributed by atoms with Gasteiger partial charge in [0.25, 0.3) is 0 Å². The number of hydrogen-bond donors (Lipinski definition) is 1. The molecule has 0 aromatic heterocycles. The number of nitrogens with zero attached hydrogens (tertiary/aromatic N) is 1. The SMILES string of the molecule is CCCCN(CCNCCCSC1=CC=CCC1)C1CCCC1. The lowest BCUT2D eigenvalue weighted by Gasteiger charge is -2.28. The molecule has 0 saturated heterocycles. The highest BCUT2D eigenvalue weighted by atomic mass is 32.2. The van der Waals surface area contributed by atoms with E-state index in [0.29, 0.717) is 0 Å². The molecule has 0 radical (unpaired) electrons. The number of rotatable bonds is 12. The van der Waals surface area contributed by atoms with Crippen LogP contribution in [0.2, 0.25) is 0 Å². The fourth-order valence-corrected chi connectivity index (χ4v) is 4.54. The van der Waals surface area contributed by atoms with Crippen molar-refractivity contribution < 1.29 is 0 Å². The average molecular weight is 337 g/mol. The van der Waals surface area contributed by atoms with E-state index in [1.165, 1.54) is 83.2 Å². The van der Waals surface area contributed by atoms with Crippen molar-refractivity contribution in [1.82, 2.24) is 10.2 Å². The maximum absolute atomic E-state index is 3.67. The molecule has 0 atom stereocenters. The lowest BCUT2D eigenvalue weighted by Crippen LogP contribution is -2.39. The van der Waals surface area contributed by atoms with Gasteiger partial charge in [0.2, 0.25) is 0 Å². The van der Waals surface area contributed by atoms with E-state index >= 15 is 0 Å². The van der Waals surface area contributed by atoms with E-state index in [-0.39, 0.29) is 0 Å². The van der Waals surface area contributed by atoms with Crippen LogP contribution in [0.3, 0.4) is 0 Å². The van der Waals surface area contributed by atoms with Crippen LogP contribution in [0.25, 0.3) is 0 Å². The lowest BCUT2D eigenvalue weighted by molar-refractivity contribution is 0.196. The molecule has 0 spiro atoms. The Morgan fingerprint density at radius 2 is 2.04 bits per heavy atom. The summed E-state index contributed by atoms with van der Waals surface area (Å²) < 4.78 is 0. The number of unbranched alkanes of at least 4 members (excludes halogenated alkanes) is 1. The third-order valence-electron chi connectivity index (χ3n) is 4.98. The van der Waals surface area contributed by atoms with Gasteiger partial charge in [0.15, 0.2) is 0 Å². The third-order valence-corrected chi connectivity index (χ3v) is 6.18. The average Bonchev–Trinajstić information content (AvgIpc) is 3.12. The first-order valence-electron chi connectivity index (χ1n) is 9.83. The van der Waals surface area contributed by atoms with Crippen molar-refractivity contribution in [3.8, 4) is 0 Å². The van der Waals surface area contributed by atoms with E-state index in [1.807, 2.05) is 0 Å². The van der Waals surface area contributed by atoms with Gasteiger partial charge < -0.3 is 5.32 Å². The molecule has 0 aromatic rings. The molecule has 2 aliphatic carbocycles. The van der Waals surface area contributed by atoms with E-state index in [4.69, 9.17) is 0 Å². The largest absolute Gasteiger partial charge is 0.315 e. The Kier molecular flexibility index (Phi) is 10.1. The van der Waals surface area contributed by atoms with Crippen LogP contribution < -0.4 is 5.32 Å². The topological polar surface area (TPSA) is 15.3 Å². The zero-order valence-corrected chi connectivity index (χ0v) is 15.9. The quantitative estimate of drug-likeness (QED) is 0.506. The van der Waals surface area contributed by atoms with Crippen molar-refractivity contribution in [3.63, 3.8) is 0 Å². The predicted octanol–water partition coefficient (Wildman–Crippen LogP) is 4.98. The van der Waals surface area contributed by atoms with Gasteiger partial charge in [-0.05, 0) is 62.3 Å². The fourth-order valence-electron chi connectivity index (χ4n) is 3.56. The van der Waals surface area contributed by atoms with Crippen LogP contribution in [0.1, 0.15) is 64.7 Å². The number of hydrogen-bond acceptors (Lipinski definition) is 3.